The molecule has 0 bridgehead atoms. The van der Waals surface area contributed by atoms with Gasteiger partial charge in [-0.3, -0.25) is 9.69 Å². The van der Waals surface area contributed by atoms with Crippen LogP contribution in [0.15, 0.2) is 0 Å². The minimum Gasteiger partial charge on any atom is -0.356 e. The van der Waals surface area contributed by atoms with Gasteiger partial charge in [0.25, 0.3) is 10.2 Å². The first-order valence-corrected chi connectivity index (χ1v) is 14.3. The van der Waals surface area contributed by atoms with E-state index in [1.54, 1.807) is 0 Å². The zero-order valence-corrected chi connectivity index (χ0v) is 21.2. The average molecular weight is 487 g/mol. The molecular weight excluding hydrogens is 444 g/mol. The van der Waals surface area contributed by atoms with Crippen molar-refractivity contribution in [3.8, 4) is 0 Å². The second-order valence-electron chi connectivity index (χ2n) is 10.2. The highest BCUT2D eigenvalue weighted by molar-refractivity contribution is 7.86. The highest BCUT2D eigenvalue weighted by Crippen LogP contribution is 2.33. The van der Waals surface area contributed by atoms with Gasteiger partial charge in [0.15, 0.2) is 5.79 Å². The molecule has 4 saturated heterocycles. The molecule has 0 aromatic carbocycles. The molecule has 1 N–H and O–H groups in total. The number of ether oxygens (including phenoxy) is 2. The summed E-state index contributed by atoms with van der Waals surface area (Å²) in [5, 5.41) is 3.07. The highest BCUT2D eigenvalue weighted by Gasteiger charge is 2.44. The summed E-state index contributed by atoms with van der Waals surface area (Å²) in [7, 11) is -3.58. The van der Waals surface area contributed by atoms with E-state index in [0.717, 1.165) is 19.4 Å². The van der Waals surface area contributed by atoms with E-state index in [9.17, 15) is 13.2 Å². The predicted octanol–water partition coefficient (Wildman–Crippen LogP) is 1.55. The number of carbonyl (C=O) groups excluding carboxylic acids is 1. The van der Waals surface area contributed by atoms with E-state index in [0.29, 0.717) is 70.7 Å². The summed E-state index contributed by atoms with van der Waals surface area (Å²) in [5.74, 6) is -0.890. The van der Waals surface area contributed by atoms with Crippen molar-refractivity contribution in [2.24, 2.45) is 5.92 Å². The predicted molar refractivity (Wildman–Crippen MR) is 126 cm³/mol. The first kappa shape index (κ1) is 25.3. The zero-order valence-electron chi connectivity index (χ0n) is 20.3. The monoisotopic (exact) mass is 486 g/mol. The average Bonchev–Trinajstić information content (AvgIpc) is 3.26. The molecule has 10 heteroatoms. The van der Waals surface area contributed by atoms with Crippen molar-refractivity contribution in [1.82, 2.24) is 18.8 Å². The number of hydrogen-bond acceptors (Lipinski definition) is 6. The summed E-state index contributed by atoms with van der Waals surface area (Å²) >= 11 is 0. The van der Waals surface area contributed by atoms with E-state index < -0.39 is 16.0 Å². The van der Waals surface area contributed by atoms with Crippen LogP contribution in [0.1, 0.15) is 65.2 Å². The molecule has 0 saturated carbocycles. The van der Waals surface area contributed by atoms with E-state index in [1.807, 2.05) is 0 Å². The van der Waals surface area contributed by atoms with Crippen molar-refractivity contribution >= 4 is 16.1 Å². The first-order chi connectivity index (χ1) is 15.8. The number of hydrogen-bond donors (Lipinski definition) is 1. The lowest BCUT2D eigenvalue weighted by atomic mass is 9.97. The SMILES string of the molecule is C[C@@H]1CCC[C@H](C)N1CCCNC(=O)[C@H]1CCCN(S(=O)(=O)N2CCC3(CC2)OCCO3)C1. The van der Waals surface area contributed by atoms with Gasteiger partial charge >= 0.3 is 0 Å². The lowest BCUT2D eigenvalue weighted by Crippen LogP contribution is -2.54. The van der Waals surface area contributed by atoms with Crippen LogP contribution in [0, 0.1) is 5.92 Å². The van der Waals surface area contributed by atoms with Crippen LogP contribution in [0.3, 0.4) is 0 Å². The van der Waals surface area contributed by atoms with Crippen molar-refractivity contribution in [3.63, 3.8) is 0 Å². The Morgan fingerprint density at radius 1 is 0.970 bits per heavy atom. The Bertz CT molecular complexity index is 753. The Morgan fingerprint density at radius 3 is 2.30 bits per heavy atom. The van der Waals surface area contributed by atoms with Gasteiger partial charge < -0.3 is 14.8 Å². The second kappa shape index (κ2) is 10.9. The summed E-state index contributed by atoms with van der Waals surface area (Å²) in [6, 6.07) is 1.22. The topological polar surface area (TPSA) is 91.4 Å². The van der Waals surface area contributed by atoms with Crippen molar-refractivity contribution in [2.45, 2.75) is 83.1 Å². The lowest BCUT2D eigenvalue weighted by Gasteiger charge is -2.40. The molecule has 190 valence electrons. The lowest BCUT2D eigenvalue weighted by molar-refractivity contribution is -0.179. The molecule has 0 aromatic rings. The third-order valence-electron chi connectivity index (χ3n) is 7.97. The maximum absolute atomic E-state index is 13.2. The van der Waals surface area contributed by atoms with Crippen molar-refractivity contribution in [1.29, 1.82) is 0 Å². The van der Waals surface area contributed by atoms with Crippen LogP contribution in [-0.4, -0.2) is 98.2 Å². The fraction of sp³-hybridized carbons (Fsp3) is 0.957. The van der Waals surface area contributed by atoms with E-state index in [1.165, 1.54) is 27.9 Å². The van der Waals surface area contributed by atoms with Gasteiger partial charge in [0.05, 0.1) is 19.1 Å². The third-order valence-corrected chi connectivity index (χ3v) is 9.98. The molecular formula is C23H42N4O5S. The quantitative estimate of drug-likeness (QED) is 0.549. The van der Waals surface area contributed by atoms with Crippen LogP contribution >= 0.6 is 0 Å². The van der Waals surface area contributed by atoms with Gasteiger partial charge in [-0.15, -0.1) is 0 Å². The number of amides is 1. The second-order valence-corrected chi connectivity index (χ2v) is 12.2. The number of likely N-dealkylation sites (tertiary alicyclic amines) is 1. The zero-order chi connectivity index (χ0) is 23.5. The van der Waals surface area contributed by atoms with Gasteiger partial charge in [-0.25, -0.2) is 0 Å². The maximum atomic E-state index is 13.2. The molecule has 4 heterocycles. The number of nitrogens with zero attached hydrogens (tertiary/aromatic N) is 3. The van der Waals surface area contributed by atoms with Crippen LogP contribution < -0.4 is 5.32 Å². The van der Waals surface area contributed by atoms with Gasteiger partial charge in [-0.2, -0.15) is 17.0 Å². The Hall–Kier alpha value is -0.780. The summed E-state index contributed by atoms with van der Waals surface area (Å²) in [5.41, 5.74) is 0. The minimum absolute atomic E-state index is 0.0139. The number of piperidine rings is 3. The molecule has 33 heavy (non-hydrogen) atoms. The Balaban J connectivity index is 1.22. The largest absolute Gasteiger partial charge is 0.356 e. The molecule has 4 fully saturated rings. The van der Waals surface area contributed by atoms with Crippen molar-refractivity contribution < 1.29 is 22.7 Å². The normalized spacial score (nSPS) is 32.2. The third kappa shape index (κ3) is 5.90. The standard InChI is InChI=1S/C23H42N4O5S/c1-19-6-3-7-20(2)27(19)13-5-11-24-22(28)21-8-4-12-26(18-21)33(29,30)25-14-9-23(10-15-25)31-16-17-32-23/h19-21H,3-18H2,1-2H3,(H,24,28)/t19-,20+,21-/m0/s1. The molecule has 0 radical (unpaired) electrons. The van der Waals surface area contributed by atoms with Gasteiger partial charge in [-0.1, -0.05) is 6.42 Å². The Morgan fingerprint density at radius 2 is 1.64 bits per heavy atom. The molecule has 0 unspecified atom stereocenters. The van der Waals surface area contributed by atoms with Crippen LogP contribution in [0.2, 0.25) is 0 Å². The number of nitrogens with one attached hydrogen (secondary N) is 1. The summed E-state index contributed by atoms with van der Waals surface area (Å²) in [4.78, 5) is 15.4. The van der Waals surface area contributed by atoms with Gasteiger partial charge in [0.2, 0.25) is 5.91 Å². The molecule has 1 spiro atoms. The number of rotatable bonds is 7. The highest BCUT2D eigenvalue weighted by atomic mass is 32.2. The summed E-state index contributed by atoms with van der Waals surface area (Å²) < 4.78 is 41.0. The van der Waals surface area contributed by atoms with E-state index in [2.05, 4.69) is 24.1 Å². The Labute approximate surface area is 199 Å². The minimum atomic E-state index is -3.58. The van der Waals surface area contributed by atoms with E-state index >= 15 is 0 Å². The van der Waals surface area contributed by atoms with Crippen LogP contribution in [-0.2, 0) is 24.5 Å². The molecule has 4 aliphatic rings. The molecule has 3 atom stereocenters. The maximum Gasteiger partial charge on any atom is 0.282 e. The van der Waals surface area contributed by atoms with Crippen molar-refractivity contribution in [3.05, 3.63) is 0 Å². The molecule has 4 rings (SSSR count). The summed E-state index contributed by atoms with van der Waals surface area (Å²) in [6.45, 7) is 8.91. The summed E-state index contributed by atoms with van der Waals surface area (Å²) in [6.07, 6.45) is 7.29. The molecule has 4 aliphatic heterocycles. The van der Waals surface area contributed by atoms with Gasteiger partial charge in [0.1, 0.15) is 0 Å². The van der Waals surface area contributed by atoms with Gasteiger partial charge in [-0.05, 0) is 46.0 Å². The smallest absolute Gasteiger partial charge is 0.282 e. The fourth-order valence-corrected chi connectivity index (χ4v) is 7.60. The number of carbonyl (C=O) groups is 1. The first-order valence-electron chi connectivity index (χ1n) is 12.9. The van der Waals surface area contributed by atoms with E-state index in [4.69, 9.17) is 9.47 Å². The van der Waals surface area contributed by atoms with Crippen molar-refractivity contribution in [2.75, 3.05) is 52.5 Å². The van der Waals surface area contributed by atoms with Gasteiger partial charge in [0, 0.05) is 64.2 Å². The fourth-order valence-electron chi connectivity index (χ4n) is 5.91. The molecule has 0 aromatic heterocycles. The molecule has 9 nitrogen and oxygen atoms in total. The van der Waals surface area contributed by atoms with E-state index in [-0.39, 0.29) is 18.4 Å². The van der Waals surface area contributed by atoms with Crippen LogP contribution in [0.25, 0.3) is 0 Å². The Kier molecular flexibility index (Phi) is 8.34. The van der Waals surface area contributed by atoms with Crippen LogP contribution in [0.4, 0.5) is 0 Å². The molecule has 1 amide bonds. The van der Waals surface area contributed by atoms with Crippen LogP contribution in [0.5, 0.6) is 0 Å². The molecule has 0 aliphatic carbocycles.